The lowest BCUT2D eigenvalue weighted by atomic mass is 10.0. The predicted octanol–water partition coefficient (Wildman–Crippen LogP) is 0.801. The van der Waals surface area contributed by atoms with Crippen LogP contribution in [0.5, 0.6) is 0 Å². The van der Waals surface area contributed by atoms with Crippen molar-refractivity contribution in [1.29, 1.82) is 0 Å². The van der Waals surface area contributed by atoms with Crippen molar-refractivity contribution < 1.29 is 5.11 Å². The first-order valence-corrected chi connectivity index (χ1v) is 4.22. The molecule has 2 aromatic rings. The number of aromatic amines is 1. The summed E-state index contributed by atoms with van der Waals surface area (Å²) in [5.41, 5.74) is 3.95. The highest BCUT2D eigenvalue weighted by Gasteiger charge is 2.06. The lowest BCUT2D eigenvalue weighted by Crippen LogP contribution is -1.95. The number of aromatic nitrogens is 3. The van der Waals surface area contributed by atoms with E-state index in [1.54, 1.807) is 0 Å². The van der Waals surface area contributed by atoms with E-state index >= 15 is 0 Å². The van der Waals surface area contributed by atoms with Crippen LogP contribution >= 0.6 is 0 Å². The van der Waals surface area contributed by atoms with Crippen molar-refractivity contribution in [3.8, 4) is 0 Å². The van der Waals surface area contributed by atoms with E-state index in [0.29, 0.717) is 6.42 Å². The van der Waals surface area contributed by atoms with Crippen LogP contribution in [0.3, 0.4) is 0 Å². The molecule has 0 fully saturated rings. The van der Waals surface area contributed by atoms with Gasteiger partial charge in [-0.3, -0.25) is 0 Å². The van der Waals surface area contributed by atoms with Gasteiger partial charge in [-0.05, 0) is 30.5 Å². The second-order valence-electron chi connectivity index (χ2n) is 3.03. The summed E-state index contributed by atoms with van der Waals surface area (Å²) in [5, 5.41) is 19.5. The Bertz CT molecular complexity index is 422. The Morgan fingerprint density at radius 1 is 1.38 bits per heavy atom. The molecule has 4 heteroatoms. The number of aliphatic hydroxyl groups is 1. The zero-order chi connectivity index (χ0) is 9.26. The number of aryl methyl sites for hydroxylation is 1. The molecule has 0 aliphatic rings. The minimum Gasteiger partial charge on any atom is -0.396 e. The van der Waals surface area contributed by atoms with Gasteiger partial charge in [0.1, 0.15) is 11.0 Å². The molecule has 0 saturated carbocycles. The van der Waals surface area contributed by atoms with Crippen molar-refractivity contribution in [3.05, 3.63) is 23.3 Å². The maximum absolute atomic E-state index is 8.88. The molecule has 0 aliphatic carbocycles. The summed E-state index contributed by atoms with van der Waals surface area (Å²) >= 11 is 0. The van der Waals surface area contributed by atoms with Gasteiger partial charge in [0.2, 0.25) is 0 Å². The van der Waals surface area contributed by atoms with Gasteiger partial charge in [-0.25, -0.2) is 0 Å². The van der Waals surface area contributed by atoms with Gasteiger partial charge in [-0.15, -0.1) is 0 Å². The molecule has 4 nitrogen and oxygen atoms in total. The molecular formula is C9H11N3O. The highest BCUT2D eigenvalue weighted by Crippen LogP contribution is 2.18. The third-order valence-corrected chi connectivity index (χ3v) is 2.19. The number of rotatable bonds is 2. The van der Waals surface area contributed by atoms with Gasteiger partial charge >= 0.3 is 0 Å². The summed E-state index contributed by atoms with van der Waals surface area (Å²) in [4.78, 5) is 0. The molecule has 0 aliphatic heterocycles. The van der Waals surface area contributed by atoms with Crippen LogP contribution in [-0.2, 0) is 6.42 Å². The fourth-order valence-electron chi connectivity index (χ4n) is 1.50. The van der Waals surface area contributed by atoms with Gasteiger partial charge in [0.05, 0.1) is 0 Å². The van der Waals surface area contributed by atoms with Gasteiger partial charge in [0.25, 0.3) is 0 Å². The molecular weight excluding hydrogens is 166 g/mol. The maximum Gasteiger partial charge on any atom is 0.116 e. The summed E-state index contributed by atoms with van der Waals surface area (Å²) in [7, 11) is 0. The third kappa shape index (κ3) is 1.29. The van der Waals surface area contributed by atoms with E-state index in [0.717, 1.165) is 22.2 Å². The molecule has 68 valence electrons. The van der Waals surface area contributed by atoms with E-state index in [2.05, 4.69) is 15.4 Å². The van der Waals surface area contributed by atoms with E-state index in [1.807, 2.05) is 19.1 Å². The first kappa shape index (κ1) is 8.19. The van der Waals surface area contributed by atoms with E-state index < -0.39 is 0 Å². The molecule has 0 unspecified atom stereocenters. The Kier molecular flexibility index (Phi) is 1.98. The highest BCUT2D eigenvalue weighted by atomic mass is 16.2. The number of aliphatic hydroxyl groups excluding tert-OH is 1. The molecule has 0 spiro atoms. The topological polar surface area (TPSA) is 61.8 Å². The van der Waals surface area contributed by atoms with Crippen molar-refractivity contribution in [2.75, 3.05) is 6.61 Å². The van der Waals surface area contributed by atoms with Gasteiger partial charge in [0.15, 0.2) is 0 Å². The monoisotopic (exact) mass is 177 g/mol. The minimum atomic E-state index is 0.146. The highest BCUT2D eigenvalue weighted by molar-refractivity contribution is 5.78. The predicted molar refractivity (Wildman–Crippen MR) is 49.4 cm³/mol. The van der Waals surface area contributed by atoms with Gasteiger partial charge < -0.3 is 5.11 Å². The first-order chi connectivity index (χ1) is 6.33. The van der Waals surface area contributed by atoms with Crippen LogP contribution < -0.4 is 0 Å². The molecule has 2 rings (SSSR count). The van der Waals surface area contributed by atoms with Crippen LogP contribution in [0.4, 0.5) is 0 Å². The van der Waals surface area contributed by atoms with Crippen molar-refractivity contribution >= 4 is 11.0 Å². The Labute approximate surface area is 75.6 Å². The number of benzene rings is 1. The largest absolute Gasteiger partial charge is 0.396 e. The van der Waals surface area contributed by atoms with Crippen molar-refractivity contribution in [2.45, 2.75) is 13.3 Å². The Balaban J connectivity index is 2.66. The quantitative estimate of drug-likeness (QED) is 0.713. The van der Waals surface area contributed by atoms with E-state index in [9.17, 15) is 0 Å². The number of hydrogen-bond donors (Lipinski definition) is 2. The van der Waals surface area contributed by atoms with E-state index in [-0.39, 0.29) is 6.61 Å². The Morgan fingerprint density at radius 2 is 2.23 bits per heavy atom. The molecule has 2 N–H and O–H groups in total. The second-order valence-corrected chi connectivity index (χ2v) is 3.03. The van der Waals surface area contributed by atoms with Crippen LogP contribution in [0.2, 0.25) is 0 Å². The second kappa shape index (κ2) is 3.14. The Morgan fingerprint density at radius 3 is 3.00 bits per heavy atom. The van der Waals surface area contributed by atoms with Gasteiger partial charge in [-0.2, -0.15) is 15.4 Å². The van der Waals surface area contributed by atoms with E-state index in [1.165, 1.54) is 0 Å². The average Bonchev–Trinajstić information content (AvgIpc) is 2.58. The zero-order valence-electron chi connectivity index (χ0n) is 7.41. The number of H-pyrrole nitrogens is 1. The van der Waals surface area contributed by atoms with Gasteiger partial charge in [0, 0.05) is 6.61 Å². The van der Waals surface area contributed by atoms with Crippen LogP contribution in [0.1, 0.15) is 11.1 Å². The normalized spacial score (nSPS) is 10.9. The SMILES string of the molecule is Cc1ccc2n[nH]nc2c1CCO. The van der Waals surface area contributed by atoms with Crippen LogP contribution in [0.25, 0.3) is 11.0 Å². The number of nitrogens with one attached hydrogen (secondary N) is 1. The molecule has 0 saturated heterocycles. The molecule has 1 aromatic carbocycles. The smallest absolute Gasteiger partial charge is 0.116 e. The number of fused-ring (bicyclic) bond motifs is 1. The van der Waals surface area contributed by atoms with Crippen LogP contribution in [0.15, 0.2) is 12.1 Å². The fourth-order valence-corrected chi connectivity index (χ4v) is 1.50. The first-order valence-electron chi connectivity index (χ1n) is 4.22. The number of nitrogens with zero attached hydrogens (tertiary/aromatic N) is 2. The molecule has 0 bridgehead atoms. The van der Waals surface area contributed by atoms with Crippen molar-refractivity contribution in [3.63, 3.8) is 0 Å². The van der Waals surface area contributed by atoms with Crippen molar-refractivity contribution in [2.24, 2.45) is 0 Å². The lowest BCUT2D eigenvalue weighted by molar-refractivity contribution is 0.300. The molecule has 13 heavy (non-hydrogen) atoms. The minimum absolute atomic E-state index is 0.146. The van der Waals surface area contributed by atoms with Crippen molar-refractivity contribution in [1.82, 2.24) is 15.4 Å². The fraction of sp³-hybridized carbons (Fsp3) is 0.333. The molecule has 0 atom stereocenters. The summed E-state index contributed by atoms with van der Waals surface area (Å²) in [6, 6.07) is 3.92. The molecule has 1 heterocycles. The third-order valence-electron chi connectivity index (χ3n) is 2.19. The summed E-state index contributed by atoms with van der Waals surface area (Å²) < 4.78 is 0. The van der Waals surface area contributed by atoms with Crippen LogP contribution in [-0.4, -0.2) is 27.1 Å². The molecule has 0 radical (unpaired) electrons. The standard InChI is InChI=1S/C9H11N3O/c1-6-2-3-8-9(11-12-10-8)7(6)4-5-13/h2-3,13H,4-5H2,1H3,(H,10,11,12). The van der Waals surface area contributed by atoms with Gasteiger partial charge in [-0.1, -0.05) is 6.07 Å². The molecule has 1 aromatic heterocycles. The summed E-state index contributed by atoms with van der Waals surface area (Å²) in [6.07, 6.45) is 0.635. The molecule has 0 amide bonds. The summed E-state index contributed by atoms with van der Waals surface area (Å²) in [6.45, 7) is 2.16. The zero-order valence-corrected chi connectivity index (χ0v) is 7.41. The number of hydrogen-bond acceptors (Lipinski definition) is 3. The Hall–Kier alpha value is -1.42. The maximum atomic E-state index is 8.88. The van der Waals surface area contributed by atoms with Crippen LogP contribution in [0, 0.1) is 6.92 Å². The summed E-state index contributed by atoms with van der Waals surface area (Å²) in [5.74, 6) is 0. The average molecular weight is 177 g/mol. The lowest BCUT2D eigenvalue weighted by Gasteiger charge is -2.02. The van der Waals surface area contributed by atoms with E-state index in [4.69, 9.17) is 5.11 Å².